The molecule has 1 amide bonds. The summed E-state index contributed by atoms with van der Waals surface area (Å²) in [5.74, 6) is 2.04. The van der Waals surface area contributed by atoms with Gasteiger partial charge >= 0.3 is 0 Å². The zero-order chi connectivity index (χ0) is 18.8. The number of nitrogens with zero attached hydrogens (tertiary/aromatic N) is 1. The first kappa shape index (κ1) is 19.6. The highest BCUT2D eigenvalue weighted by molar-refractivity contribution is 5.94. The van der Waals surface area contributed by atoms with Crippen LogP contribution in [0, 0.1) is 5.92 Å². The number of ether oxygens (including phenoxy) is 2. The molecule has 6 heteroatoms. The molecule has 0 saturated heterocycles. The quantitative estimate of drug-likeness (QED) is 0.638. The Morgan fingerprint density at radius 3 is 2.54 bits per heavy atom. The van der Waals surface area contributed by atoms with E-state index >= 15 is 0 Å². The van der Waals surface area contributed by atoms with Crippen molar-refractivity contribution in [3.63, 3.8) is 0 Å². The lowest BCUT2D eigenvalue weighted by Crippen LogP contribution is -2.25. The van der Waals surface area contributed by atoms with Gasteiger partial charge in [-0.1, -0.05) is 13.8 Å². The van der Waals surface area contributed by atoms with Crippen LogP contribution in [0.1, 0.15) is 30.6 Å². The predicted molar refractivity (Wildman–Crippen MR) is 103 cm³/mol. The van der Waals surface area contributed by atoms with Gasteiger partial charge in [-0.2, -0.15) is 0 Å². The van der Waals surface area contributed by atoms with Crippen LogP contribution < -0.4 is 20.1 Å². The summed E-state index contributed by atoms with van der Waals surface area (Å²) in [5, 5.41) is 6.13. The molecule has 0 fully saturated rings. The molecular weight excluding hydrogens is 330 g/mol. The topological polar surface area (TPSA) is 72.5 Å². The third kappa shape index (κ3) is 6.63. The second kappa shape index (κ2) is 10.3. The number of anilines is 1. The van der Waals surface area contributed by atoms with Crippen molar-refractivity contribution in [1.29, 1.82) is 0 Å². The SMILES string of the molecule is COc1ccc(OCCNc2cncc(C(=O)NCCC(C)C)c2)cc1. The molecule has 0 saturated carbocycles. The molecule has 1 aromatic heterocycles. The Labute approximate surface area is 154 Å². The Morgan fingerprint density at radius 1 is 1.12 bits per heavy atom. The maximum Gasteiger partial charge on any atom is 0.252 e. The van der Waals surface area contributed by atoms with Crippen LogP contribution in [0.4, 0.5) is 5.69 Å². The average molecular weight is 357 g/mol. The van der Waals surface area contributed by atoms with Crippen molar-refractivity contribution >= 4 is 11.6 Å². The van der Waals surface area contributed by atoms with E-state index in [0.717, 1.165) is 23.6 Å². The van der Waals surface area contributed by atoms with Crippen LogP contribution in [-0.2, 0) is 0 Å². The van der Waals surface area contributed by atoms with Crippen molar-refractivity contribution in [1.82, 2.24) is 10.3 Å². The fourth-order valence-corrected chi connectivity index (χ4v) is 2.27. The van der Waals surface area contributed by atoms with Gasteiger partial charge in [0, 0.05) is 25.5 Å². The molecule has 2 N–H and O–H groups in total. The van der Waals surface area contributed by atoms with E-state index in [2.05, 4.69) is 29.5 Å². The summed E-state index contributed by atoms with van der Waals surface area (Å²) in [6, 6.07) is 9.23. The minimum absolute atomic E-state index is 0.101. The lowest BCUT2D eigenvalue weighted by atomic mass is 10.1. The largest absolute Gasteiger partial charge is 0.497 e. The van der Waals surface area contributed by atoms with Gasteiger partial charge in [0.1, 0.15) is 18.1 Å². The van der Waals surface area contributed by atoms with E-state index in [9.17, 15) is 4.79 Å². The number of hydrogen-bond acceptors (Lipinski definition) is 5. The number of amides is 1. The van der Waals surface area contributed by atoms with Crippen LogP contribution in [0.25, 0.3) is 0 Å². The third-order valence-electron chi connectivity index (χ3n) is 3.77. The molecule has 6 nitrogen and oxygen atoms in total. The number of carbonyl (C=O) groups is 1. The highest BCUT2D eigenvalue weighted by atomic mass is 16.5. The van der Waals surface area contributed by atoms with E-state index in [1.54, 1.807) is 25.6 Å². The number of aromatic nitrogens is 1. The Balaban J connectivity index is 1.76. The van der Waals surface area contributed by atoms with Gasteiger partial charge in [0.15, 0.2) is 0 Å². The lowest BCUT2D eigenvalue weighted by molar-refractivity contribution is 0.0951. The molecule has 1 aromatic carbocycles. The van der Waals surface area contributed by atoms with Crippen molar-refractivity contribution in [3.8, 4) is 11.5 Å². The molecule has 0 radical (unpaired) electrons. The molecule has 0 spiro atoms. The van der Waals surface area contributed by atoms with E-state index in [1.165, 1.54) is 0 Å². The summed E-state index contributed by atoms with van der Waals surface area (Å²) in [4.78, 5) is 16.3. The third-order valence-corrected chi connectivity index (χ3v) is 3.77. The van der Waals surface area contributed by atoms with Crippen LogP contribution in [0.2, 0.25) is 0 Å². The number of pyridine rings is 1. The molecular formula is C20H27N3O3. The standard InChI is InChI=1S/C20H27N3O3/c1-15(2)8-9-23-20(24)16-12-17(14-21-13-16)22-10-11-26-19-6-4-18(25-3)5-7-19/h4-7,12-15,22H,8-11H2,1-3H3,(H,23,24). The molecule has 2 aromatic rings. The van der Waals surface area contributed by atoms with Crippen LogP contribution in [-0.4, -0.2) is 37.7 Å². The van der Waals surface area contributed by atoms with E-state index < -0.39 is 0 Å². The summed E-state index contributed by atoms with van der Waals surface area (Å²) in [6.45, 7) is 6.03. The molecule has 1 heterocycles. The maximum atomic E-state index is 12.1. The smallest absolute Gasteiger partial charge is 0.252 e. The highest BCUT2D eigenvalue weighted by Crippen LogP contribution is 2.17. The van der Waals surface area contributed by atoms with E-state index in [0.29, 0.717) is 31.2 Å². The highest BCUT2D eigenvalue weighted by Gasteiger charge is 2.07. The second-order valence-corrected chi connectivity index (χ2v) is 6.35. The van der Waals surface area contributed by atoms with Crippen molar-refractivity contribution in [2.75, 3.05) is 32.1 Å². The predicted octanol–water partition coefficient (Wildman–Crippen LogP) is 3.36. The average Bonchev–Trinajstić information content (AvgIpc) is 2.65. The fourth-order valence-electron chi connectivity index (χ4n) is 2.27. The lowest BCUT2D eigenvalue weighted by Gasteiger charge is -2.10. The summed E-state index contributed by atoms with van der Waals surface area (Å²) in [7, 11) is 1.63. The molecule has 0 atom stereocenters. The van der Waals surface area contributed by atoms with Gasteiger partial charge in [0.2, 0.25) is 0 Å². The number of hydrogen-bond donors (Lipinski definition) is 2. The molecule has 2 rings (SSSR count). The van der Waals surface area contributed by atoms with Crippen molar-refractivity contribution < 1.29 is 14.3 Å². The minimum atomic E-state index is -0.101. The van der Waals surface area contributed by atoms with Crippen LogP contribution in [0.15, 0.2) is 42.7 Å². The summed E-state index contributed by atoms with van der Waals surface area (Å²) in [5.41, 5.74) is 1.34. The number of benzene rings is 1. The van der Waals surface area contributed by atoms with Gasteiger partial charge in [-0.3, -0.25) is 9.78 Å². The van der Waals surface area contributed by atoms with Gasteiger partial charge in [-0.15, -0.1) is 0 Å². The Hall–Kier alpha value is -2.76. The number of nitrogens with one attached hydrogen (secondary N) is 2. The van der Waals surface area contributed by atoms with Gasteiger partial charge in [-0.25, -0.2) is 0 Å². The van der Waals surface area contributed by atoms with Gasteiger partial charge in [0.05, 0.1) is 18.4 Å². The molecule has 26 heavy (non-hydrogen) atoms. The zero-order valence-corrected chi connectivity index (χ0v) is 15.6. The molecule has 0 aliphatic carbocycles. The van der Waals surface area contributed by atoms with Gasteiger partial charge in [-0.05, 0) is 42.7 Å². The molecule has 0 aliphatic heterocycles. The monoisotopic (exact) mass is 357 g/mol. The van der Waals surface area contributed by atoms with Crippen LogP contribution in [0.3, 0.4) is 0 Å². The van der Waals surface area contributed by atoms with Crippen molar-refractivity contribution in [2.24, 2.45) is 5.92 Å². The fraction of sp³-hybridized carbons (Fsp3) is 0.400. The van der Waals surface area contributed by atoms with Crippen LogP contribution >= 0.6 is 0 Å². The van der Waals surface area contributed by atoms with Gasteiger partial charge in [0.25, 0.3) is 5.91 Å². The summed E-state index contributed by atoms with van der Waals surface area (Å²) in [6.07, 6.45) is 4.22. The Bertz CT molecular complexity index is 687. The second-order valence-electron chi connectivity index (χ2n) is 6.35. The Morgan fingerprint density at radius 2 is 1.85 bits per heavy atom. The number of methoxy groups -OCH3 is 1. The zero-order valence-electron chi connectivity index (χ0n) is 15.6. The molecule has 140 valence electrons. The summed E-state index contributed by atoms with van der Waals surface area (Å²) >= 11 is 0. The maximum absolute atomic E-state index is 12.1. The van der Waals surface area contributed by atoms with Crippen LogP contribution in [0.5, 0.6) is 11.5 Å². The Kier molecular flexibility index (Phi) is 7.74. The van der Waals surface area contributed by atoms with Crippen molar-refractivity contribution in [2.45, 2.75) is 20.3 Å². The number of rotatable bonds is 10. The molecule has 0 unspecified atom stereocenters. The normalized spacial score (nSPS) is 10.5. The first-order valence-electron chi connectivity index (χ1n) is 8.82. The van der Waals surface area contributed by atoms with E-state index in [1.807, 2.05) is 24.3 Å². The van der Waals surface area contributed by atoms with Gasteiger partial charge < -0.3 is 20.1 Å². The van der Waals surface area contributed by atoms with E-state index in [-0.39, 0.29) is 5.91 Å². The molecule has 0 aliphatic rings. The minimum Gasteiger partial charge on any atom is -0.497 e. The summed E-state index contributed by atoms with van der Waals surface area (Å²) < 4.78 is 10.8. The first-order valence-corrected chi connectivity index (χ1v) is 8.82. The molecule has 0 bridgehead atoms. The van der Waals surface area contributed by atoms with Crippen molar-refractivity contribution in [3.05, 3.63) is 48.3 Å². The van der Waals surface area contributed by atoms with E-state index in [4.69, 9.17) is 9.47 Å². The first-order chi connectivity index (χ1) is 12.6. The number of carbonyl (C=O) groups excluding carboxylic acids is 1.